The van der Waals surface area contributed by atoms with Crippen molar-refractivity contribution in [1.29, 1.82) is 5.26 Å². The number of benzene rings is 2. The molecule has 20 heavy (non-hydrogen) atoms. The monoisotopic (exact) mass is 265 g/mol. The SMILES string of the molecule is Cc1cc(-c2nc3ccc(C#N)cc3n2C)ccc1F. The lowest BCUT2D eigenvalue weighted by Crippen LogP contribution is -1.94. The second-order valence-electron chi connectivity index (χ2n) is 4.77. The molecule has 0 aliphatic rings. The molecule has 0 bridgehead atoms. The first-order valence-corrected chi connectivity index (χ1v) is 6.23. The molecule has 1 heterocycles. The Hall–Kier alpha value is -2.67. The van der Waals surface area contributed by atoms with Crippen molar-refractivity contribution in [2.75, 3.05) is 0 Å². The molecular formula is C16H12FN3. The van der Waals surface area contributed by atoms with E-state index in [9.17, 15) is 4.39 Å². The standard InChI is InChI=1S/C16H12FN3/c1-10-7-12(4-5-13(10)17)16-19-14-6-3-11(9-18)8-15(14)20(16)2/h3-8H,1-2H3. The summed E-state index contributed by atoms with van der Waals surface area (Å²) < 4.78 is 15.3. The molecule has 3 nitrogen and oxygen atoms in total. The Labute approximate surface area is 115 Å². The molecule has 0 radical (unpaired) electrons. The van der Waals surface area contributed by atoms with E-state index in [-0.39, 0.29) is 5.82 Å². The molecule has 1 aromatic heterocycles. The van der Waals surface area contributed by atoms with Crippen molar-refractivity contribution in [3.8, 4) is 17.5 Å². The van der Waals surface area contributed by atoms with E-state index in [1.165, 1.54) is 6.07 Å². The number of hydrogen-bond acceptors (Lipinski definition) is 2. The first kappa shape index (κ1) is 12.4. The second kappa shape index (κ2) is 4.46. The van der Waals surface area contributed by atoms with Gasteiger partial charge in [-0.25, -0.2) is 9.37 Å². The Balaban J connectivity index is 2.24. The zero-order valence-corrected chi connectivity index (χ0v) is 11.2. The molecule has 3 aromatic rings. The molecule has 0 fully saturated rings. The Morgan fingerprint density at radius 2 is 2.00 bits per heavy atom. The predicted molar refractivity (Wildman–Crippen MR) is 75.6 cm³/mol. The first-order chi connectivity index (χ1) is 9.60. The van der Waals surface area contributed by atoms with Crippen LogP contribution < -0.4 is 0 Å². The summed E-state index contributed by atoms with van der Waals surface area (Å²) in [5.74, 6) is 0.539. The van der Waals surface area contributed by atoms with Crippen molar-refractivity contribution in [3.05, 3.63) is 53.3 Å². The van der Waals surface area contributed by atoms with Gasteiger partial charge >= 0.3 is 0 Å². The number of aryl methyl sites for hydroxylation is 2. The highest BCUT2D eigenvalue weighted by atomic mass is 19.1. The molecule has 0 atom stereocenters. The van der Waals surface area contributed by atoms with E-state index in [0.29, 0.717) is 11.1 Å². The molecule has 0 saturated heterocycles. The van der Waals surface area contributed by atoms with E-state index >= 15 is 0 Å². The van der Waals surface area contributed by atoms with Crippen LogP contribution in [-0.2, 0) is 7.05 Å². The van der Waals surface area contributed by atoms with Gasteiger partial charge in [-0.2, -0.15) is 5.26 Å². The molecule has 0 amide bonds. The number of nitrogens with zero attached hydrogens (tertiary/aromatic N) is 3. The fourth-order valence-corrected chi connectivity index (χ4v) is 2.30. The van der Waals surface area contributed by atoms with Crippen LogP contribution in [0.5, 0.6) is 0 Å². The van der Waals surface area contributed by atoms with Gasteiger partial charge in [0.2, 0.25) is 0 Å². The van der Waals surface area contributed by atoms with Crippen molar-refractivity contribution < 1.29 is 4.39 Å². The van der Waals surface area contributed by atoms with Crippen LogP contribution in [0.25, 0.3) is 22.4 Å². The van der Waals surface area contributed by atoms with Crippen LogP contribution in [-0.4, -0.2) is 9.55 Å². The zero-order chi connectivity index (χ0) is 14.3. The molecule has 0 spiro atoms. The summed E-state index contributed by atoms with van der Waals surface area (Å²) in [6.45, 7) is 1.73. The van der Waals surface area contributed by atoms with Gasteiger partial charge in [-0.15, -0.1) is 0 Å². The number of hydrogen-bond donors (Lipinski definition) is 0. The van der Waals surface area contributed by atoms with E-state index < -0.39 is 0 Å². The molecule has 0 N–H and O–H groups in total. The van der Waals surface area contributed by atoms with Crippen LogP contribution in [0.1, 0.15) is 11.1 Å². The lowest BCUT2D eigenvalue weighted by Gasteiger charge is -2.04. The zero-order valence-electron chi connectivity index (χ0n) is 11.2. The minimum absolute atomic E-state index is 0.223. The summed E-state index contributed by atoms with van der Waals surface area (Å²) in [6, 6.07) is 12.4. The van der Waals surface area contributed by atoms with Gasteiger partial charge in [0, 0.05) is 12.6 Å². The fraction of sp³-hybridized carbons (Fsp3) is 0.125. The molecule has 0 aliphatic carbocycles. The van der Waals surface area contributed by atoms with Crippen LogP contribution in [0.15, 0.2) is 36.4 Å². The summed E-state index contributed by atoms with van der Waals surface area (Å²) in [4.78, 5) is 4.56. The van der Waals surface area contributed by atoms with Gasteiger partial charge in [0.1, 0.15) is 11.6 Å². The molecule has 0 unspecified atom stereocenters. The summed E-state index contributed by atoms with van der Waals surface area (Å²) >= 11 is 0. The van der Waals surface area contributed by atoms with Crippen molar-refractivity contribution in [2.45, 2.75) is 6.92 Å². The van der Waals surface area contributed by atoms with Crippen molar-refractivity contribution in [1.82, 2.24) is 9.55 Å². The third-order valence-corrected chi connectivity index (χ3v) is 3.43. The normalized spacial score (nSPS) is 10.7. The maximum Gasteiger partial charge on any atom is 0.140 e. The highest BCUT2D eigenvalue weighted by molar-refractivity contribution is 5.81. The molecule has 3 rings (SSSR count). The largest absolute Gasteiger partial charge is 0.327 e. The average Bonchev–Trinajstić information content (AvgIpc) is 2.79. The van der Waals surface area contributed by atoms with Gasteiger partial charge in [0.25, 0.3) is 0 Å². The number of rotatable bonds is 1. The first-order valence-electron chi connectivity index (χ1n) is 6.23. The maximum absolute atomic E-state index is 13.4. The van der Waals surface area contributed by atoms with Gasteiger partial charge in [-0.3, -0.25) is 0 Å². The lowest BCUT2D eigenvalue weighted by atomic mass is 10.1. The van der Waals surface area contributed by atoms with Gasteiger partial charge in [0.15, 0.2) is 0 Å². The molecule has 98 valence electrons. The van der Waals surface area contributed by atoms with E-state index in [4.69, 9.17) is 5.26 Å². The Bertz CT molecular complexity index is 856. The van der Waals surface area contributed by atoms with E-state index in [1.807, 2.05) is 23.7 Å². The van der Waals surface area contributed by atoms with Crippen LogP contribution in [0, 0.1) is 24.1 Å². The number of nitriles is 1. The number of aromatic nitrogens is 2. The summed E-state index contributed by atoms with van der Waals surface area (Å²) in [5, 5.41) is 8.96. The van der Waals surface area contributed by atoms with E-state index in [2.05, 4.69) is 11.1 Å². The molecule has 0 saturated carbocycles. The smallest absolute Gasteiger partial charge is 0.140 e. The van der Waals surface area contributed by atoms with Gasteiger partial charge in [-0.05, 0) is 48.9 Å². The van der Waals surface area contributed by atoms with E-state index in [1.54, 1.807) is 25.1 Å². The minimum Gasteiger partial charge on any atom is -0.327 e. The van der Waals surface area contributed by atoms with E-state index in [0.717, 1.165) is 22.4 Å². The minimum atomic E-state index is -0.223. The van der Waals surface area contributed by atoms with Crippen LogP contribution >= 0.6 is 0 Å². The van der Waals surface area contributed by atoms with Gasteiger partial charge in [-0.1, -0.05) is 0 Å². The predicted octanol–water partition coefficient (Wildman–Crippen LogP) is 3.56. The summed E-state index contributed by atoms with van der Waals surface area (Å²) in [5.41, 5.74) is 3.76. The fourth-order valence-electron chi connectivity index (χ4n) is 2.30. The average molecular weight is 265 g/mol. The Morgan fingerprint density at radius 3 is 2.70 bits per heavy atom. The molecular weight excluding hydrogens is 253 g/mol. The van der Waals surface area contributed by atoms with Crippen molar-refractivity contribution in [2.24, 2.45) is 7.05 Å². The number of imidazole rings is 1. The Kier molecular flexibility index (Phi) is 2.76. The number of fused-ring (bicyclic) bond motifs is 1. The molecule has 4 heteroatoms. The van der Waals surface area contributed by atoms with Gasteiger partial charge < -0.3 is 4.57 Å². The molecule has 2 aromatic carbocycles. The third-order valence-electron chi connectivity index (χ3n) is 3.43. The van der Waals surface area contributed by atoms with Crippen molar-refractivity contribution >= 4 is 11.0 Å². The summed E-state index contributed by atoms with van der Waals surface area (Å²) in [7, 11) is 1.89. The maximum atomic E-state index is 13.4. The Morgan fingerprint density at radius 1 is 1.20 bits per heavy atom. The lowest BCUT2D eigenvalue weighted by molar-refractivity contribution is 0.618. The molecule has 0 aliphatic heterocycles. The number of halogens is 1. The van der Waals surface area contributed by atoms with Gasteiger partial charge in [0.05, 0.1) is 22.7 Å². The second-order valence-corrected chi connectivity index (χ2v) is 4.77. The van der Waals surface area contributed by atoms with Crippen LogP contribution in [0.3, 0.4) is 0 Å². The highest BCUT2D eigenvalue weighted by Crippen LogP contribution is 2.25. The topological polar surface area (TPSA) is 41.6 Å². The highest BCUT2D eigenvalue weighted by Gasteiger charge is 2.11. The van der Waals surface area contributed by atoms with Crippen molar-refractivity contribution in [3.63, 3.8) is 0 Å². The quantitative estimate of drug-likeness (QED) is 0.675. The summed E-state index contributed by atoms with van der Waals surface area (Å²) in [6.07, 6.45) is 0. The van der Waals surface area contributed by atoms with Crippen LogP contribution in [0.4, 0.5) is 4.39 Å². The third kappa shape index (κ3) is 1.84. The van der Waals surface area contributed by atoms with Crippen LogP contribution in [0.2, 0.25) is 0 Å².